The number of hydrogen-bond acceptors (Lipinski definition) is 12. The van der Waals surface area contributed by atoms with E-state index in [9.17, 15) is 4.79 Å². The molecule has 2 aliphatic rings. The maximum absolute atomic E-state index is 13.2. The van der Waals surface area contributed by atoms with E-state index in [1.165, 1.54) is 6.92 Å². The van der Waals surface area contributed by atoms with Gasteiger partial charge in [0.15, 0.2) is 18.7 Å². The van der Waals surface area contributed by atoms with E-state index in [2.05, 4.69) is 6.58 Å². The summed E-state index contributed by atoms with van der Waals surface area (Å²) in [5.41, 5.74) is 5.73. The second-order valence-electron chi connectivity index (χ2n) is 17.9. The number of rotatable bonds is 26. The van der Waals surface area contributed by atoms with Crippen LogP contribution in [0.5, 0.6) is 0 Å². The Morgan fingerprint density at radius 3 is 1.17 bits per heavy atom. The number of hydrogen-bond donors (Lipinski definition) is 0. The fourth-order valence-electron chi connectivity index (χ4n) is 8.70. The summed E-state index contributed by atoms with van der Waals surface area (Å²) in [7, 11) is 0. The van der Waals surface area contributed by atoms with E-state index in [1.54, 1.807) is 6.08 Å². The number of esters is 1. The third-order valence-electron chi connectivity index (χ3n) is 12.4. The topological polar surface area (TPSA) is 119 Å². The van der Waals surface area contributed by atoms with Crippen molar-refractivity contribution in [3.8, 4) is 0 Å². The van der Waals surface area contributed by atoms with E-state index in [0.717, 1.165) is 33.4 Å². The molecule has 8 rings (SSSR count). The predicted molar refractivity (Wildman–Crippen MR) is 271 cm³/mol. The van der Waals surface area contributed by atoms with Gasteiger partial charge in [0.1, 0.15) is 42.7 Å². The smallest absolute Gasteiger partial charge is 0.303 e. The van der Waals surface area contributed by atoms with E-state index < -0.39 is 73.5 Å². The summed E-state index contributed by atoms with van der Waals surface area (Å²) < 4.78 is 74.1. The Balaban J connectivity index is 1.13. The standard InChI is InChI=1S/C60H66O12/c1-4-43(2)69-60-57(67-40-50-33-21-10-22-34-50)55(65-38-48-29-17-8-18-30-48)54(64-37-47-27-15-7-16-28-47)52(72-60)42-68-59-58(70-44(3)61)56(66-39-49-31-19-9-20-32-49)53(63-36-46-25-13-6-14-26-46)51(71-59)41-62-35-45-23-11-5-12-24-45/h4-34,43,51-60H,1,35-42H2,2-3H3/t43?,51-,52-,53-,54-,55+,56+,57-,58-,59-,60-/m1/s1. The van der Waals surface area contributed by atoms with Gasteiger partial charge < -0.3 is 52.1 Å². The molecule has 1 unspecified atom stereocenters. The van der Waals surface area contributed by atoms with Gasteiger partial charge in [-0.25, -0.2) is 0 Å². The number of ether oxygens (including phenoxy) is 11. The van der Waals surface area contributed by atoms with Crippen LogP contribution in [0.25, 0.3) is 0 Å². The van der Waals surface area contributed by atoms with Crippen molar-refractivity contribution in [1.82, 2.24) is 0 Å². The summed E-state index contributed by atoms with van der Waals surface area (Å²) in [5, 5.41) is 0. The van der Waals surface area contributed by atoms with E-state index in [0.29, 0.717) is 6.61 Å². The Hall–Kier alpha value is -5.87. The Morgan fingerprint density at radius 2 is 0.778 bits per heavy atom. The van der Waals surface area contributed by atoms with Crippen molar-refractivity contribution in [2.24, 2.45) is 0 Å². The fourth-order valence-corrected chi connectivity index (χ4v) is 8.70. The highest BCUT2D eigenvalue weighted by Crippen LogP contribution is 2.35. The van der Waals surface area contributed by atoms with Gasteiger partial charge in [0, 0.05) is 6.92 Å². The summed E-state index contributed by atoms with van der Waals surface area (Å²) in [5.74, 6) is -0.552. The second-order valence-corrected chi connectivity index (χ2v) is 17.9. The first-order valence-electron chi connectivity index (χ1n) is 24.7. The highest BCUT2D eigenvalue weighted by atomic mass is 16.8. The Morgan fingerprint density at radius 1 is 0.444 bits per heavy atom. The highest BCUT2D eigenvalue weighted by molar-refractivity contribution is 5.66. The molecule has 6 aromatic carbocycles. The molecule has 2 fully saturated rings. The van der Waals surface area contributed by atoms with Crippen LogP contribution in [-0.2, 0) is 96.5 Å². The first-order chi connectivity index (χ1) is 35.4. The SMILES string of the molecule is C=CC(C)O[C@@H]1O[C@H](CO[C@@H]2O[C@H](COCc3ccccc3)[C@@H](OCc3ccccc3)[C@H](OCc3ccccc3)[C@H]2OC(C)=O)[C@@H](OCc2ccccc2)[C@H](OCc2ccccc2)[C@H]1OCc1ccccc1. The maximum atomic E-state index is 13.2. The van der Waals surface area contributed by atoms with Gasteiger partial charge in [-0.15, -0.1) is 6.58 Å². The van der Waals surface area contributed by atoms with Crippen LogP contribution in [0.2, 0.25) is 0 Å². The summed E-state index contributed by atoms with van der Waals surface area (Å²) in [6.07, 6.45) is -7.60. The largest absolute Gasteiger partial charge is 0.454 e. The van der Waals surface area contributed by atoms with Crippen molar-refractivity contribution >= 4 is 5.97 Å². The van der Waals surface area contributed by atoms with Gasteiger partial charge in [-0.2, -0.15) is 0 Å². The lowest BCUT2D eigenvalue weighted by atomic mass is 9.96. The van der Waals surface area contributed by atoms with E-state index in [1.807, 2.05) is 189 Å². The molecular formula is C60H66O12. The normalized spacial score (nSPS) is 24.5. The van der Waals surface area contributed by atoms with Gasteiger partial charge in [0.05, 0.1) is 59.0 Å². The maximum Gasteiger partial charge on any atom is 0.303 e. The molecule has 2 aliphatic heterocycles. The molecule has 0 amide bonds. The molecule has 72 heavy (non-hydrogen) atoms. The Kier molecular flexibility index (Phi) is 20.3. The minimum atomic E-state index is -1.20. The number of benzene rings is 6. The van der Waals surface area contributed by atoms with Crippen LogP contribution in [0.4, 0.5) is 0 Å². The Bertz CT molecular complexity index is 2450. The molecule has 12 nitrogen and oxygen atoms in total. The summed E-state index contributed by atoms with van der Waals surface area (Å²) in [6.45, 7) is 8.66. The molecule has 0 spiro atoms. The van der Waals surface area contributed by atoms with Crippen LogP contribution in [0, 0.1) is 0 Å². The summed E-state index contributed by atoms with van der Waals surface area (Å²) in [4.78, 5) is 13.2. The van der Waals surface area contributed by atoms with Crippen molar-refractivity contribution in [1.29, 1.82) is 0 Å². The molecule has 378 valence electrons. The zero-order valence-corrected chi connectivity index (χ0v) is 41.0. The van der Waals surface area contributed by atoms with Crippen molar-refractivity contribution in [3.63, 3.8) is 0 Å². The second kappa shape index (κ2) is 27.8. The molecule has 11 atom stereocenters. The molecule has 0 bridgehead atoms. The van der Waals surface area contributed by atoms with Gasteiger partial charge in [-0.05, 0) is 40.3 Å². The van der Waals surface area contributed by atoms with Crippen molar-refractivity contribution in [2.45, 2.75) is 121 Å². The van der Waals surface area contributed by atoms with E-state index in [-0.39, 0.29) is 46.2 Å². The van der Waals surface area contributed by atoms with Crippen LogP contribution in [0.3, 0.4) is 0 Å². The molecule has 6 aromatic rings. The van der Waals surface area contributed by atoms with Crippen LogP contribution < -0.4 is 0 Å². The minimum absolute atomic E-state index is 0.0973. The van der Waals surface area contributed by atoms with E-state index in [4.69, 9.17) is 52.1 Å². The van der Waals surface area contributed by atoms with Crippen molar-refractivity contribution < 1.29 is 56.9 Å². The fraction of sp³-hybridized carbons (Fsp3) is 0.350. The van der Waals surface area contributed by atoms with Gasteiger partial charge in [-0.3, -0.25) is 4.79 Å². The average Bonchev–Trinajstić information content (AvgIpc) is 3.42. The zero-order chi connectivity index (χ0) is 49.7. The number of carbonyl (C=O) groups excluding carboxylic acids is 1. The van der Waals surface area contributed by atoms with Crippen LogP contribution in [-0.4, -0.2) is 86.7 Å². The molecule has 0 N–H and O–H groups in total. The molecule has 0 aromatic heterocycles. The predicted octanol–water partition coefficient (Wildman–Crippen LogP) is 10.1. The van der Waals surface area contributed by atoms with Crippen LogP contribution in [0.15, 0.2) is 195 Å². The molecule has 12 heteroatoms. The Labute approximate surface area is 423 Å². The zero-order valence-electron chi connectivity index (χ0n) is 41.0. The molecule has 0 radical (unpaired) electrons. The minimum Gasteiger partial charge on any atom is -0.454 e. The van der Waals surface area contributed by atoms with Gasteiger partial charge in [0.2, 0.25) is 0 Å². The van der Waals surface area contributed by atoms with E-state index >= 15 is 0 Å². The van der Waals surface area contributed by atoms with Crippen LogP contribution in [0.1, 0.15) is 47.2 Å². The average molecular weight is 979 g/mol. The quantitative estimate of drug-likeness (QED) is 0.0380. The summed E-state index contributed by atoms with van der Waals surface area (Å²) >= 11 is 0. The highest BCUT2D eigenvalue weighted by Gasteiger charge is 2.53. The first kappa shape index (κ1) is 52.5. The third-order valence-corrected chi connectivity index (χ3v) is 12.4. The van der Waals surface area contributed by atoms with Crippen molar-refractivity contribution in [3.05, 3.63) is 228 Å². The lowest BCUT2D eigenvalue weighted by Crippen LogP contribution is -2.64. The molecule has 0 aliphatic carbocycles. The lowest BCUT2D eigenvalue weighted by molar-refractivity contribution is -0.352. The van der Waals surface area contributed by atoms with Gasteiger partial charge in [0.25, 0.3) is 0 Å². The van der Waals surface area contributed by atoms with Crippen molar-refractivity contribution in [2.75, 3.05) is 13.2 Å². The monoisotopic (exact) mass is 978 g/mol. The molecular weight excluding hydrogens is 913 g/mol. The number of carbonyl (C=O) groups is 1. The summed E-state index contributed by atoms with van der Waals surface area (Å²) in [6, 6.07) is 59.3. The molecule has 2 heterocycles. The van der Waals surface area contributed by atoms with Gasteiger partial charge in [-0.1, -0.05) is 188 Å². The van der Waals surface area contributed by atoms with Crippen LogP contribution >= 0.6 is 0 Å². The molecule has 0 saturated carbocycles. The third kappa shape index (κ3) is 15.6. The first-order valence-corrected chi connectivity index (χ1v) is 24.7. The lowest BCUT2D eigenvalue weighted by Gasteiger charge is -2.48. The van der Waals surface area contributed by atoms with Gasteiger partial charge >= 0.3 is 5.97 Å². The molecule has 2 saturated heterocycles.